The molecular weight excluding hydrogens is 370 g/mol. The van der Waals surface area contributed by atoms with Gasteiger partial charge >= 0.3 is 0 Å². The predicted octanol–water partition coefficient (Wildman–Crippen LogP) is 1.21. The van der Waals surface area contributed by atoms with E-state index in [1.165, 1.54) is 12.0 Å². The zero-order valence-corrected chi connectivity index (χ0v) is 15.7. The lowest BCUT2D eigenvalue weighted by Crippen LogP contribution is -2.54. The lowest BCUT2D eigenvalue weighted by atomic mass is 9.75. The summed E-state index contributed by atoms with van der Waals surface area (Å²) in [6.45, 7) is 1.19. The summed E-state index contributed by atoms with van der Waals surface area (Å²) in [5.74, 6) is -1.92. The van der Waals surface area contributed by atoms with Crippen LogP contribution in [0.15, 0.2) is 18.2 Å². The van der Waals surface area contributed by atoms with Crippen LogP contribution in [0.25, 0.3) is 0 Å². The molecule has 2 unspecified atom stereocenters. The Bertz CT molecular complexity index is 875. The summed E-state index contributed by atoms with van der Waals surface area (Å²) in [7, 11) is 1.54. The molecule has 3 fully saturated rings. The third-order valence-corrected chi connectivity index (χ3v) is 6.90. The quantitative estimate of drug-likeness (QED) is 0.786. The minimum absolute atomic E-state index is 0.102. The number of ether oxygens (including phenoxy) is 1. The van der Waals surface area contributed by atoms with Crippen molar-refractivity contribution in [3.63, 3.8) is 0 Å². The zero-order chi connectivity index (χ0) is 18.9. The number of anilines is 1. The minimum atomic E-state index is -1.15. The molecule has 1 aromatic rings. The zero-order valence-electron chi connectivity index (χ0n) is 14.9. The molecule has 4 heterocycles. The summed E-state index contributed by atoms with van der Waals surface area (Å²) in [6, 6.07) is 5.27. The van der Waals surface area contributed by atoms with Crippen molar-refractivity contribution >= 4 is 35.0 Å². The minimum Gasteiger partial charge on any atom is -0.383 e. The highest BCUT2D eigenvalue weighted by molar-refractivity contribution is 6.35. The van der Waals surface area contributed by atoms with Gasteiger partial charge in [-0.05, 0) is 25.5 Å². The molecule has 4 aliphatic rings. The molecule has 1 aromatic carbocycles. The van der Waals surface area contributed by atoms with E-state index in [0.29, 0.717) is 22.8 Å². The van der Waals surface area contributed by atoms with Crippen LogP contribution in [0, 0.1) is 11.8 Å². The van der Waals surface area contributed by atoms with E-state index in [2.05, 4.69) is 10.2 Å². The van der Waals surface area contributed by atoms with Gasteiger partial charge < -0.3 is 10.1 Å². The number of likely N-dealkylation sites (tertiary alicyclic amines) is 1. The topological polar surface area (TPSA) is 79.0 Å². The van der Waals surface area contributed by atoms with Gasteiger partial charge in [0.1, 0.15) is 5.54 Å². The number of rotatable bonds is 3. The Morgan fingerprint density at radius 2 is 2.11 bits per heavy atom. The average Bonchev–Trinajstić information content (AvgIpc) is 3.34. The molecule has 1 spiro atoms. The van der Waals surface area contributed by atoms with Gasteiger partial charge in [-0.3, -0.25) is 24.2 Å². The molecule has 3 amide bonds. The number of halogens is 1. The molecule has 4 aliphatic heterocycles. The normalized spacial score (nSPS) is 34.4. The fourth-order valence-corrected chi connectivity index (χ4v) is 5.88. The van der Waals surface area contributed by atoms with Crippen LogP contribution in [0.1, 0.15) is 18.4 Å². The van der Waals surface area contributed by atoms with Crippen LogP contribution < -0.4 is 5.32 Å². The fraction of sp³-hybridized carbons (Fsp3) is 0.526. The first-order chi connectivity index (χ1) is 13.0. The van der Waals surface area contributed by atoms with Gasteiger partial charge in [0.2, 0.25) is 11.8 Å². The number of fused-ring (bicyclic) bond motifs is 7. The molecule has 0 radical (unpaired) electrons. The van der Waals surface area contributed by atoms with E-state index in [1.54, 1.807) is 12.1 Å². The lowest BCUT2D eigenvalue weighted by Gasteiger charge is -2.36. The van der Waals surface area contributed by atoms with E-state index in [-0.39, 0.29) is 36.9 Å². The van der Waals surface area contributed by atoms with Crippen LogP contribution in [0.5, 0.6) is 0 Å². The Hall–Kier alpha value is -1.96. The van der Waals surface area contributed by atoms with Gasteiger partial charge in [-0.2, -0.15) is 0 Å². The van der Waals surface area contributed by atoms with Crippen LogP contribution in [-0.2, 0) is 24.7 Å². The first-order valence-corrected chi connectivity index (χ1v) is 9.62. The van der Waals surface area contributed by atoms with Crippen LogP contribution in [0.2, 0.25) is 5.02 Å². The summed E-state index contributed by atoms with van der Waals surface area (Å²) in [5, 5.41) is 3.35. The monoisotopic (exact) mass is 389 g/mol. The maximum absolute atomic E-state index is 13.3. The molecule has 142 valence electrons. The van der Waals surface area contributed by atoms with Crippen molar-refractivity contribution in [1.82, 2.24) is 9.80 Å². The number of hydrogen-bond donors (Lipinski definition) is 1. The molecular formula is C19H20ClN3O4. The van der Waals surface area contributed by atoms with Crippen LogP contribution in [-0.4, -0.2) is 60.4 Å². The number of amides is 3. The highest BCUT2D eigenvalue weighted by Crippen LogP contribution is 2.60. The molecule has 0 aromatic heterocycles. The number of imide groups is 1. The molecule has 0 aliphatic carbocycles. The smallest absolute Gasteiger partial charge is 0.250 e. The molecule has 7 nitrogen and oxygen atoms in total. The molecule has 5 rings (SSSR count). The second kappa shape index (κ2) is 5.77. The van der Waals surface area contributed by atoms with E-state index in [9.17, 15) is 14.4 Å². The van der Waals surface area contributed by atoms with Gasteiger partial charge in [-0.15, -0.1) is 0 Å². The number of benzene rings is 1. The fourth-order valence-electron chi connectivity index (χ4n) is 5.66. The van der Waals surface area contributed by atoms with Gasteiger partial charge in [0.05, 0.1) is 35.7 Å². The van der Waals surface area contributed by atoms with E-state index < -0.39 is 17.4 Å². The van der Waals surface area contributed by atoms with E-state index >= 15 is 0 Å². The second-order valence-corrected chi connectivity index (χ2v) is 8.02. The highest BCUT2D eigenvalue weighted by Gasteiger charge is 2.74. The number of hydrogen-bond acceptors (Lipinski definition) is 5. The standard InChI is InChI=1S/C19H20ClN3O4/c1-27-9-8-22-16(24)13-12-6-3-7-23(12)19(14(13)17(22)25)10-4-2-5-11(20)15(10)21-18(19)26/h2,4-5,12-14H,3,6-9H2,1H3,(H,21,26)/t12?,13-,14+,19?/m0/s1. The number of nitrogens with zero attached hydrogens (tertiary/aromatic N) is 2. The first-order valence-electron chi connectivity index (χ1n) is 9.24. The van der Waals surface area contributed by atoms with Crippen molar-refractivity contribution < 1.29 is 19.1 Å². The number of para-hydroxylation sites is 1. The second-order valence-electron chi connectivity index (χ2n) is 7.61. The molecule has 1 N–H and O–H groups in total. The van der Waals surface area contributed by atoms with Crippen LogP contribution >= 0.6 is 11.6 Å². The Morgan fingerprint density at radius 1 is 1.30 bits per heavy atom. The van der Waals surface area contributed by atoms with Crippen molar-refractivity contribution in [1.29, 1.82) is 0 Å². The number of carbonyl (C=O) groups excluding carboxylic acids is 3. The summed E-state index contributed by atoms with van der Waals surface area (Å²) < 4.78 is 5.07. The molecule has 3 saturated heterocycles. The maximum Gasteiger partial charge on any atom is 0.250 e. The van der Waals surface area contributed by atoms with Crippen molar-refractivity contribution in [2.75, 3.05) is 32.1 Å². The molecule has 27 heavy (non-hydrogen) atoms. The summed E-state index contributed by atoms with van der Waals surface area (Å²) in [6.07, 6.45) is 1.71. The van der Waals surface area contributed by atoms with Gasteiger partial charge in [-0.1, -0.05) is 23.7 Å². The largest absolute Gasteiger partial charge is 0.383 e. The van der Waals surface area contributed by atoms with Crippen molar-refractivity contribution in [3.8, 4) is 0 Å². The SMILES string of the molecule is COCCN1C(=O)[C@H]2C3CCCN3C3(C(=O)Nc4c(Cl)cccc43)[C@H]2C1=O. The summed E-state index contributed by atoms with van der Waals surface area (Å²) in [4.78, 5) is 43.2. The molecule has 0 bridgehead atoms. The predicted molar refractivity (Wildman–Crippen MR) is 97.1 cm³/mol. The average molecular weight is 390 g/mol. The number of methoxy groups -OCH3 is 1. The van der Waals surface area contributed by atoms with Crippen molar-refractivity contribution in [2.24, 2.45) is 11.8 Å². The maximum atomic E-state index is 13.3. The van der Waals surface area contributed by atoms with Gasteiger partial charge in [0.25, 0.3) is 5.91 Å². The Morgan fingerprint density at radius 3 is 2.89 bits per heavy atom. The third kappa shape index (κ3) is 1.92. The summed E-state index contributed by atoms with van der Waals surface area (Å²) in [5.41, 5.74) is 0.126. The first kappa shape index (κ1) is 17.2. The Kier molecular flexibility index (Phi) is 3.67. The summed E-state index contributed by atoms with van der Waals surface area (Å²) >= 11 is 6.33. The van der Waals surface area contributed by atoms with Crippen LogP contribution in [0.3, 0.4) is 0 Å². The highest BCUT2D eigenvalue weighted by atomic mass is 35.5. The van der Waals surface area contributed by atoms with Gasteiger partial charge in [0.15, 0.2) is 0 Å². The number of nitrogens with one attached hydrogen (secondary N) is 1. The van der Waals surface area contributed by atoms with E-state index in [4.69, 9.17) is 16.3 Å². The Labute approximate surface area is 161 Å². The van der Waals surface area contributed by atoms with Crippen molar-refractivity contribution in [2.45, 2.75) is 24.4 Å². The van der Waals surface area contributed by atoms with E-state index in [0.717, 1.165) is 12.8 Å². The van der Waals surface area contributed by atoms with Crippen molar-refractivity contribution in [3.05, 3.63) is 28.8 Å². The Balaban J connectivity index is 1.70. The van der Waals surface area contributed by atoms with Gasteiger partial charge in [0, 0.05) is 18.7 Å². The molecule has 8 heteroatoms. The van der Waals surface area contributed by atoms with Crippen LogP contribution in [0.4, 0.5) is 5.69 Å². The molecule has 4 atom stereocenters. The van der Waals surface area contributed by atoms with E-state index in [1.807, 2.05) is 6.07 Å². The number of carbonyl (C=O) groups is 3. The molecule has 0 saturated carbocycles. The lowest BCUT2D eigenvalue weighted by molar-refractivity contribution is -0.146. The third-order valence-electron chi connectivity index (χ3n) is 6.59. The van der Waals surface area contributed by atoms with Gasteiger partial charge in [-0.25, -0.2) is 0 Å².